The van der Waals surface area contributed by atoms with Gasteiger partial charge < -0.3 is 5.32 Å². The normalized spacial score (nSPS) is 12.3. The highest BCUT2D eigenvalue weighted by atomic mass is 16.1. The summed E-state index contributed by atoms with van der Waals surface area (Å²) in [6, 6.07) is 0. The second-order valence-corrected chi connectivity index (χ2v) is 4.83. The van der Waals surface area contributed by atoms with Crippen LogP contribution in [0.15, 0.2) is 18.9 Å². The number of aryl methyl sites for hydroxylation is 2. The molecular formula is C13H20N6O. The molecule has 0 radical (unpaired) electrons. The van der Waals surface area contributed by atoms with Gasteiger partial charge in [-0.1, -0.05) is 6.92 Å². The monoisotopic (exact) mass is 276 g/mol. The number of carbonyl (C=O) groups is 1. The van der Waals surface area contributed by atoms with Crippen LogP contribution in [0.1, 0.15) is 25.1 Å². The Bertz CT molecular complexity index is 559. The van der Waals surface area contributed by atoms with Crippen LogP contribution < -0.4 is 5.32 Å². The number of carbonyl (C=O) groups excluding carboxylic acids is 1. The van der Waals surface area contributed by atoms with Crippen molar-refractivity contribution in [3.8, 4) is 0 Å². The van der Waals surface area contributed by atoms with E-state index in [0.717, 1.165) is 17.8 Å². The molecule has 0 aliphatic heterocycles. The molecule has 0 bridgehead atoms. The smallest absolute Gasteiger partial charge is 0.224 e. The molecule has 1 amide bonds. The summed E-state index contributed by atoms with van der Waals surface area (Å²) < 4.78 is 3.53. The molecule has 0 aliphatic carbocycles. The maximum Gasteiger partial charge on any atom is 0.224 e. The average molecular weight is 276 g/mol. The molecule has 0 saturated heterocycles. The van der Waals surface area contributed by atoms with E-state index in [1.54, 1.807) is 11.0 Å². The van der Waals surface area contributed by atoms with E-state index in [4.69, 9.17) is 0 Å². The van der Waals surface area contributed by atoms with E-state index >= 15 is 0 Å². The Morgan fingerprint density at radius 2 is 2.25 bits per heavy atom. The van der Waals surface area contributed by atoms with Gasteiger partial charge in [0.15, 0.2) is 0 Å². The number of hydrogen-bond donors (Lipinski definition) is 1. The van der Waals surface area contributed by atoms with Crippen LogP contribution in [0.2, 0.25) is 0 Å². The van der Waals surface area contributed by atoms with E-state index in [9.17, 15) is 4.79 Å². The van der Waals surface area contributed by atoms with Gasteiger partial charge in [-0.3, -0.25) is 14.2 Å². The predicted molar refractivity (Wildman–Crippen MR) is 73.7 cm³/mol. The molecule has 2 aromatic heterocycles. The summed E-state index contributed by atoms with van der Waals surface area (Å²) in [7, 11) is 0. The van der Waals surface area contributed by atoms with Crippen molar-refractivity contribution in [3.05, 3.63) is 30.1 Å². The lowest BCUT2D eigenvalue weighted by atomic mass is 10.1. The highest BCUT2D eigenvalue weighted by Crippen LogP contribution is 2.06. The Morgan fingerprint density at radius 1 is 1.45 bits per heavy atom. The third-order valence-corrected chi connectivity index (χ3v) is 3.20. The van der Waals surface area contributed by atoms with Gasteiger partial charge in [0.2, 0.25) is 5.91 Å². The molecule has 0 fully saturated rings. The van der Waals surface area contributed by atoms with Gasteiger partial charge >= 0.3 is 0 Å². The van der Waals surface area contributed by atoms with Crippen LogP contribution in [0.4, 0.5) is 0 Å². The van der Waals surface area contributed by atoms with E-state index in [1.807, 2.05) is 31.6 Å². The first-order valence-corrected chi connectivity index (χ1v) is 6.73. The minimum atomic E-state index is -0.154. The summed E-state index contributed by atoms with van der Waals surface area (Å²) in [6.07, 6.45) is 5.05. The molecule has 0 saturated carbocycles. The van der Waals surface area contributed by atoms with Crippen molar-refractivity contribution in [2.75, 3.05) is 0 Å². The summed E-state index contributed by atoms with van der Waals surface area (Å²) in [6.45, 7) is 7.73. The van der Waals surface area contributed by atoms with Crippen LogP contribution in [-0.4, -0.2) is 30.5 Å². The van der Waals surface area contributed by atoms with Crippen molar-refractivity contribution >= 4 is 5.91 Å². The fourth-order valence-corrected chi connectivity index (χ4v) is 1.94. The quantitative estimate of drug-likeness (QED) is 0.844. The Hall–Kier alpha value is -2.18. The topological polar surface area (TPSA) is 77.6 Å². The van der Waals surface area contributed by atoms with E-state index in [-0.39, 0.29) is 11.8 Å². The van der Waals surface area contributed by atoms with Crippen LogP contribution in [0.5, 0.6) is 0 Å². The van der Waals surface area contributed by atoms with Gasteiger partial charge in [0.05, 0.1) is 18.2 Å². The van der Waals surface area contributed by atoms with E-state index in [2.05, 4.69) is 20.5 Å². The largest absolute Gasteiger partial charge is 0.352 e. The van der Waals surface area contributed by atoms with Crippen molar-refractivity contribution in [1.82, 2.24) is 29.9 Å². The zero-order valence-electron chi connectivity index (χ0n) is 12.1. The molecule has 2 heterocycles. The molecule has 1 N–H and O–H groups in total. The first-order valence-electron chi connectivity index (χ1n) is 6.73. The van der Waals surface area contributed by atoms with Crippen LogP contribution in [0, 0.1) is 12.8 Å². The third kappa shape index (κ3) is 3.43. The predicted octanol–water partition coefficient (Wildman–Crippen LogP) is 0.755. The average Bonchev–Trinajstić information content (AvgIpc) is 3.05. The summed E-state index contributed by atoms with van der Waals surface area (Å²) >= 11 is 0. The summed E-state index contributed by atoms with van der Waals surface area (Å²) in [5.74, 6) is -0.151. The third-order valence-electron chi connectivity index (χ3n) is 3.20. The number of amides is 1. The fraction of sp³-hybridized carbons (Fsp3) is 0.538. The van der Waals surface area contributed by atoms with Crippen molar-refractivity contribution in [2.45, 2.75) is 40.4 Å². The molecule has 0 unspecified atom stereocenters. The first-order chi connectivity index (χ1) is 9.60. The fourth-order valence-electron chi connectivity index (χ4n) is 1.94. The van der Waals surface area contributed by atoms with Crippen molar-refractivity contribution in [2.24, 2.45) is 5.92 Å². The van der Waals surface area contributed by atoms with Crippen molar-refractivity contribution < 1.29 is 4.79 Å². The second-order valence-electron chi connectivity index (χ2n) is 4.83. The lowest BCUT2D eigenvalue weighted by molar-refractivity contribution is -0.125. The van der Waals surface area contributed by atoms with E-state index in [0.29, 0.717) is 13.1 Å². The zero-order chi connectivity index (χ0) is 14.5. The summed E-state index contributed by atoms with van der Waals surface area (Å²) in [5, 5.41) is 11.3. The van der Waals surface area contributed by atoms with Gasteiger partial charge in [-0.25, -0.2) is 4.98 Å². The Kier molecular flexibility index (Phi) is 4.49. The number of hydrogen-bond acceptors (Lipinski definition) is 4. The van der Waals surface area contributed by atoms with Crippen LogP contribution in [0.3, 0.4) is 0 Å². The molecule has 0 spiro atoms. The summed E-state index contributed by atoms with van der Waals surface area (Å²) in [5.41, 5.74) is 2.00. The van der Waals surface area contributed by atoms with Gasteiger partial charge in [-0.15, -0.1) is 0 Å². The number of nitrogens with zero attached hydrogens (tertiary/aromatic N) is 5. The van der Waals surface area contributed by atoms with E-state index < -0.39 is 0 Å². The van der Waals surface area contributed by atoms with Gasteiger partial charge in [-0.05, 0) is 13.8 Å². The number of rotatable bonds is 6. The van der Waals surface area contributed by atoms with Crippen LogP contribution in [-0.2, 0) is 24.4 Å². The minimum absolute atomic E-state index is 0.00384. The molecule has 2 rings (SSSR count). The van der Waals surface area contributed by atoms with Crippen molar-refractivity contribution in [1.29, 1.82) is 0 Å². The maximum atomic E-state index is 12.0. The Balaban J connectivity index is 1.86. The van der Waals surface area contributed by atoms with Crippen LogP contribution in [0.25, 0.3) is 0 Å². The maximum absolute atomic E-state index is 12.0. The Morgan fingerprint density at radius 3 is 2.85 bits per heavy atom. The summed E-state index contributed by atoms with van der Waals surface area (Å²) in [4.78, 5) is 15.9. The molecule has 108 valence electrons. The molecule has 7 heteroatoms. The molecule has 1 atom stereocenters. The number of nitrogens with one attached hydrogen (secondary N) is 1. The lowest BCUT2D eigenvalue weighted by Crippen LogP contribution is -2.31. The lowest BCUT2D eigenvalue weighted by Gasteiger charge is -2.11. The van der Waals surface area contributed by atoms with Gasteiger partial charge in [-0.2, -0.15) is 10.2 Å². The first kappa shape index (κ1) is 14.2. The second kappa shape index (κ2) is 6.31. The molecule has 0 aliphatic rings. The standard InChI is InChI=1S/C13H20N6O/c1-4-18-7-12(11(3)17-18)5-15-13(20)10(2)6-19-9-14-8-16-19/h7-10H,4-6H2,1-3H3,(H,15,20)/t10-/m1/s1. The molecule has 7 nitrogen and oxygen atoms in total. The molecule has 0 aromatic carbocycles. The van der Waals surface area contributed by atoms with Gasteiger partial charge in [0.25, 0.3) is 0 Å². The van der Waals surface area contributed by atoms with Crippen LogP contribution >= 0.6 is 0 Å². The van der Waals surface area contributed by atoms with Gasteiger partial charge in [0, 0.05) is 24.8 Å². The Labute approximate surface area is 118 Å². The molecule has 20 heavy (non-hydrogen) atoms. The van der Waals surface area contributed by atoms with Gasteiger partial charge in [0.1, 0.15) is 12.7 Å². The number of aromatic nitrogens is 5. The molecular weight excluding hydrogens is 256 g/mol. The molecule has 2 aromatic rings. The SMILES string of the molecule is CCn1cc(CNC(=O)[C@H](C)Cn2cncn2)c(C)n1. The highest BCUT2D eigenvalue weighted by Gasteiger charge is 2.14. The van der Waals surface area contributed by atoms with E-state index in [1.165, 1.54) is 6.33 Å². The minimum Gasteiger partial charge on any atom is -0.352 e. The zero-order valence-corrected chi connectivity index (χ0v) is 12.1. The van der Waals surface area contributed by atoms with Crippen molar-refractivity contribution in [3.63, 3.8) is 0 Å². The highest BCUT2D eigenvalue weighted by molar-refractivity contribution is 5.78.